The summed E-state index contributed by atoms with van der Waals surface area (Å²) in [5, 5.41) is 2.85. The van der Waals surface area contributed by atoms with Gasteiger partial charge in [-0.2, -0.15) is 0 Å². The van der Waals surface area contributed by atoms with E-state index in [1.54, 1.807) is 0 Å². The lowest BCUT2D eigenvalue weighted by molar-refractivity contribution is 0.111. The molecule has 1 heterocycles. The van der Waals surface area contributed by atoms with Crippen LogP contribution >= 0.6 is 11.3 Å². The first-order valence-corrected chi connectivity index (χ1v) is 5.85. The molecule has 0 spiro atoms. The van der Waals surface area contributed by atoms with Gasteiger partial charge >= 0.3 is 0 Å². The Kier molecular flexibility index (Phi) is 3.49. The number of ether oxygens (including phenoxy) is 1. The Hall–Kier alpha value is -1.75. The second-order valence-corrected chi connectivity index (χ2v) is 4.51. The minimum atomic E-state index is -0.455. The van der Waals surface area contributed by atoms with E-state index in [-0.39, 0.29) is 12.2 Å². The van der Waals surface area contributed by atoms with Gasteiger partial charge in [-0.25, -0.2) is 9.37 Å². The van der Waals surface area contributed by atoms with Crippen LogP contribution in [0.3, 0.4) is 0 Å². The molecule has 5 heteroatoms. The fourth-order valence-corrected chi connectivity index (χ4v) is 1.97. The minimum Gasteiger partial charge on any atom is -0.487 e. The summed E-state index contributed by atoms with van der Waals surface area (Å²) >= 11 is 1.53. The molecule has 0 aliphatic rings. The van der Waals surface area contributed by atoms with Crippen LogP contribution < -0.4 is 4.74 Å². The van der Waals surface area contributed by atoms with Gasteiger partial charge in [-0.05, 0) is 25.1 Å². The van der Waals surface area contributed by atoms with E-state index in [0.717, 1.165) is 16.8 Å². The van der Waals surface area contributed by atoms with Gasteiger partial charge < -0.3 is 4.74 Å². The first kappa shape index (κ1) is 11.7. The summed E-state index contributed by atoms with van der Waals surface area (Å²) < 4.78 is 18.3. The van der Waals surface area contributed by atoms with Crippen LogP contribution in [0.1, 0.15) is 21.1 Å². The van der Waals surface area contributed by atoms with Gasteiger partial charge in [0.05, 0.1) is 16.3 Å². The minimum absolute atomic E-state index is 0.206. The maximum Gasteiger partial charge on any atom is 0.153 e. The second-order valence-electron chi connectivity index (χ2n) is 3.45. The summed E-state index contributed by atoms with van der Waals surface area (Å²) in [6.45, 7) is 2.18. The first-order chi connectivity index (χ1) is 8.19. The highest BCUT2D eigenvalue weighted by Crippen LogP contribution is 2.19. The number of nitrogens with zero attached hydrogens (tertiary/aromatic N) is 1. The standard InChI is InChI=1S/C12H10FNO2S/c1-8-14-11(7-17-8)6-16-12-3-2-10(13)4-9(12)5-15/h2-5,7H,6H2,1H3. The van der Waals surface area contributed by atoms with Crippen molar-refractivity contribution < 1.29 is 13.9 Å². The van der Waals surface area contributed by atoms with Gasteiger partial charge in [0.2, 0.25) is 0 Å². The Bertz CT molecular complexity index is 539. The predicted molar refractivity (Wildman–Crippen MR) is 63.0 cm³/mol. The lowest BCUT2D eigenvalue weighted by atomic mass is 10.2. The van der Waals surface area contributed by atoms with Gasteiger partial charge in [-0.3, -0.25) is 4.79 Å². The van der Waals surface area contributed by atoms with Crippen LogP contribution in [0.25, 0.3) is 0 Å². The van der Waals surface area contributed by atoms with Crippen molar-refractivity contribution in [3.63, 3.8) is 0 Å². The smallest absolute Gasteiger partial charge is 0.153 e. The zero-order chi connectivity index (χ0) is 12.3. The van der Waals surface area contributed by atoms with E-state index in [0.29, 0.717) is 12.0 Å². The molecule has 0 saturated heterocycles. The lowest BCUT2D eigenvalue weighted by Crippen LogP contribution is -1.99. The Morgan fingerprint density at radius 1 is 1.53 bits per heavy atom. The number of aldehydes is 1. The third kappa shape index (κ3) is 2.88. The zero-order valence-corrected chi connectivity index (χ0v) is 9.96. The molecule has 0 radical (unpaired) electrons. The number of thiazole rings is 1. The van der Waals surface area contributed by atoms with E-state index in [1.165, 1.54) is 23.5 Å². The van der Waals surface area contributed by atoms with E-state index < -0.39 is 5.82 Å². The molecule has 0 fully saturated rings. The number of rotatable bonds is 4. The second kappa shape index (κ2) is 5.05. The highest BCUT2D eigenvalue weighted by atomic mass is 32.1. The maximum absolute atomic E-state index is 12.9. The molecule has 88 valence electrons. The van der Waals surface area contributed by atoms with Crippen molar-refractivity contribution in [3.05, 3.63) is 45.7 Å². The van der Waals surface area contributed by atoms with Gasteiger partial charge in [0, 0.05) is 5.38 Å². The lowest BCUT2D eigenvalue weighted by Gasteiger charge is -2.06. The summed E-state index contributed by atoms with van der Waals surface area (Å²) in [7, 11) is 0. The van der Waals surface area contributed by atoms with Gasteiger partial charge in [0.15, 0.2) is 6.29 Å². The Balaban J connectivity index is 2.11. The van der Waals surface area contributed by atoms with Crippen molar-refractivity contribution in [2.45, 2.75) is 13.5 Å². The molecule has 17 heavy (non-hydrogen) atoms. The van der Waals surface area contributed by atoms with Gasteiger partial charge in [-0.1, -0.05) is 0 Å². The van der Waals surface area contributed by atoms with Crippen molar-refractivity contribution in [2.75, 3.05) is 0 Å². The van der Waals surface area contributed by atoms with Crippen LogP contribution in [-0.2, 0) is 6.61 Å². The van der Waals surface area contributed by atoms with Crippen molar-refractivity contribution in [3.8, 4) is 5.75 Å². The molecule has 0 unspecified atom stereocenters. The number of hydrogen-bond acceptors (Lipinski definition) is 4. The van der Waals surface area contributed by atoms with Crippen molar-refractivity contribution in [2.24, 2.45) is 0 Å². The molecule has 2 aromatic rings. The van der Waals surface area contributed by atoms with Crippen molar-refractivity contribution in [1.82, 2.24) is 4.98 Å². The van der Waals surface area contributed by atoms with Gasteiger partial charge in [0.1, 0.15) is 18.2 Å². The molecule has 0 atom stereocenters. The number of carbonyl (C=O) groups is 1. The average molecular weight is 251 g/mol. The fraction of sp³-hybridized carbons (Fsp3) is 0.167. The third-order valence-electron chi connectivity index (χ3n) is 2.14. The maximum atomic E-state index is 12.9. The van der Waals surface area contributed by atoms with Crippen molar-refractivity contribution in [1.29, 1.82) is 0 Å². The van der Waals surface area contributed by atoms with E-state index in [2.05, 4.69) is 4.98 Å². The molecule has 0 bridgehead atoms. The van der Waals surface area contributed by atoms with Gasteiger partial charge in [-0.15, -0.1) is 11.3 Å². The molecule has 0 aliphatic heterocycles. The molecular weight excluding hydrogens is 241 g/mol. The number of halogens is 1. The molecule has 0 aliphatic carbocycles. The van der Waals surface area contributed by atoms with E-state index in [9.17, 15) is 9.18 Å². The first-order valence-electron chi connectivity index (χ1n) is 4.97. The SMILES string of the molecule is Cc1nc(COc2ccc(F)cc2C=O)cs1. The van der Waals surface area contributed by atoms with Crippen molar-refractivity contribution >= 4 is 17.6 Å². The highest BCUT2D eigenvalue weighted by Gasteiger charge is 2.06. The molecule has 3 nitrogen and oxygen atoms in total. The Morgan fingerprint density at radius 3 is 3.00 bits per heavy atom. The molecular formula is C12H10FNO2S. The predicted octanol–water partition coefficient (Wildman–Crippen LogP) is 2.98. The Morgan fingerprint density at radius 2 is 2.35 bits per heavy atom. The van der Waals surface area contributed by atoms with Crippen LogP contribution in [0.15, 0.2) is 23.6 Å². The summed E-state index contributed by atoms with van der Waals surface area (Å²) in [4.78, 5) is 15.0. The number of benzene rings is 1. The highest BCUT2D eigenvalue weighted by molar-refractivity contribution is 7.09. The number of hydrogen-bond donors (Lipinski definition) is 0. The number of carbonyl (C=O) groups excluding carboxylic acids is 1. The largest absolute Gasteiger partial charge is 0.487 e. The summed E-state index contributed by atoms with van der Waals surface area (Å²) in [5.41, 5.74) is 1.01. The molecule has 0 N–H and O–H groups in total. The molecule has 0 amide bonds. The normalized spacial score (nSPS) is 10.2. The van der Waals surface area contributed by atoms with E-state index in [1.807, 2.05) is 12.3 Å². The van der Waals surface area contributed by atoms with Crippen LogP contribution in [0, 0.1) is 12.7 Å². The van der Waals surface area contributed by atoms with Crippen LogP contribution in [0.5, 0.6) is 5.75 Å². The molecule has 0 saturated carbocycles. The average Bonchev–Trinajstić information content (AvgIpc) is 2.73. The topological polar surface area (TPSA) is 39.2 Å². The fourth-order valence-electron chi connectivity index (χ4n) is 1.37. The van der Waals surface area contributed by atoms with E-state index >= 15 is 0 Å². The zero-order valence-electron chi connectivity index (χ0n) is 9.14. The van der Waals surface area contributed by atoms with E-state index in [4.69, 9.17) is 4.74 Å². The van der Waals surface area contributed by atoms with Crippen LogP contribution in [0.4, 0.5) is 4.39 Å². The van der Waals surface area contributed by atoms with Gasteiger partial charge in [0.25, 0.3) is 0 Å². The molecule has 2 rings (SSSR count). The number of aromatic nitrogens is 1. The molecule has 1 aromatic carbocycles. The molecule has 1 aromatic heterocycles. The number of aryl methyl sites for hydroxylation is 1. The monoisotopic (exact) mass is 251 g/mol. The summed E-state index contributed by atoms with van der Waals surface area (Å²) in [6, 6.07) is 3.85. The summed E-state index contributed by atoms with van der Waals surface area (Å²) in [6.07, 6.45) is 0.574. The Labute approximate surface area is 102 Å². The third-order valence-corrected chi connectivity index (χ3v) is 2.96. The van der Waals surface area contributed by atoms with Crippen LogP contribution in [0.2, 0.25) is 0 Å². The summed E-state index contributed by atoms with van der Waals surface area (Å²) in [5.74, 6) is -0.0870. The quantitative estimate of drug-likeness (QED) is 0.784. The van der Waals surface area contributed by atoms with Crippen LogP contribution in [-0.4, -0.2) is 11.3 Å².